The fourth-order valence-electron chi connectivity index (χ4n) is 7.02. The van der Waals surface area contributed by atoms with Gasteiger partial charge in [-0.3, -0.25) is 4.57 Å². The van der Waals surface area contributed by atoms with Crippen molar-refractivity contribution in [2.45, 2.75) is 96.8 Å². The number of amides is 2. The summed E-state index contributed by atoms with van der Waals surface area (Å²) in [5.41, 5.74) is 4.16. The highest BCUT2D eigenvalue weighted by atomic mass is 16.6. The Morgan fingerprint density at radius 3 is 1.88 bits per heavy atom. The summed E-state index contributed by atoms with van der Waals surface area (Å²) in [6.45, 7) is 11.5. The number of alkyl carbamates (subject to hydrolysis) is 2. The maximum Gasteiger partial charge on any atom is 0.419 e. The molecule has 60 heavy (non-hydrogen) atoms. The van der Waals surface area contributed by atoms with Gasteiger partial charge >= 0.3 is 30.2 Å². The van der Waals surface area contributed by atoms with E-state index in [2.05, 4.69) is 10.6 Å². The number of carbonyl (C=O) groups excluding carboxylic acids is 5. The molecule has 1 aliphatic rings. The van der Waals surface area contributed by atoms with E-state index in [9.17, 15) is 24.0 Å². The summed E-state index contributed by atoms with van der Waals surface area (Å²) in [6, 6.07) is 28.9. The molecule has 0 saturated heterocycles. The second kappa shape index (κ2) is 18.1. The number of ether oxygens (including phenoxy) is 5. The number of fused-ring (bicyclic) bond motifs is 4. The first-order valence-corrected chi connectivity index (χ1v) is 19.8. The molecule has 0 aliphatic heterocycles. The van der Waals surface area contributed by atoms with Gasteiger partial charge in [-0.05, 0) is 87.9 Å². The van der Waals surface area contributed by atoms with Crippen molar-refractivity contribution in [3.8, 4) is 11.1 Å². The number of para-hydroxylation sites is 1. The third kappa shape index (κ3) is 10.7. The third-order valence-electron chi connectivity index (χ3n) is 9.65. The van der Waals surface area contributed by atoms with E-state index >= 15 is 0 Å². The van der Waals surface area contributed by atoms with E-state index in [0.29, 0.717) is 22.0 Å². The standard InChI is InChI=1S/C47H51N3O10/c1-29(40(49-44(54)59-46(2,3)4)42(52)56-27-30-17-9-8-10-18-30)58-41(51)38(25-31-26-50(45(55)60-47(5,6)7)39-24-16-15-19-32(31)39)48-43(53)57-28-37-35-22-13-11-20-33(35)34-21-12-14-23-36(34)37/h8-24,26,29,37-38,40H,25,27-28H2,1-7H3,(H,48,53)(H,49,54)/t29-,38-,40+/m1/s1. The quantitative estimate of drug-likeness (QED) is 0.0924. The molecule has 4 aromatic carbocycles. The first-order chi connectivity index (χ1) is 28.5. The van der Waals surface area contributed by atoms with Gasteiger partial charge in [0, 0.05) is 23.9 Å². The average Bonchev–Trinajstić information content (AvgIpc) is 3.72. The molecule has 0 saturated carbocycles. The summed E-state index contributed by atoms with van der Waals surface area (Å²) in [6.07, 6.45) is -2.39. The zero-order valence-corrected chi connectivity index (χ0v) is 34.9. The number of rotatable bonds is 12. The Hall–Kier alpha value is -6.63. The molecule has 1 heterocycles. The molecule has 6 rings (SSSR count). The van der Waals surface area contributed by atoms with Crippen molar-refractivity contribution in [3.05, 3.63) is 132 Å². The van der Waals surface area contributed by atoms with Crippen LogP contribution in [-0.4, -0.2) is 70.8 Å². The molecule has 2 N–H and O–H groups in total. The highest BCUT2D eigenvalue weighted by Gasteiger charge is 2.36. The number of nitrogens with zero attached hydrogens (tertiary/aromatic N) is 1. The molecule has 3 atom stereocenters. The van der Waals surface area contributed by atoms with Crippen molar-refractivity contribution in [2.75, 3.05) is 6.61 Å². The van der Waals surface area contributed by atoms with Crippen LogP contribution in [-0.2, 0) is 46.3 Å². The number of carbonyl (C=O) groups is 5. The van der Waals surface area contributed by atoms with Crippen LogP contribution >= 0.6 is 0 Å². The first kappa shape index (κ1) is 43.0. The summed E-state index contributed by atoms with van der Waals surface area (Å²) in [4.78, 5) is 67.9. The summed E-state index contributed by atoms with van der Waals surface area (Å²) >= 11 is 0. The number of esters is 2. The number of benzene rings is 4. The van der Waals surface area contributed by atoms with E-state index in [-0.39, 0.29) is 25.6 Å². The van der Waals surface area contributed by atoms with Gasteiger partial charge in [-0.1, -0.05) is 97.1 Å². The van der Waals surface area contributed by atoms with E-state index in [0.717, 1.165) is 22.3 Å². The van der Waals surface area contributed by atoms with Crippen LogP contribution in [0.25, 0.3) is 22.0 Å². The third-order valence-corrected chi connectivity index (χ3v) is 9.65. The second-order valence-corrected chi connectivity index (χ2v) is 16.6. The van der Waals surface area contributed by atoms with Crippen LogP contribution < -0.4 is 10.6 Å². The van der Waals surface area contributed by atoms with Crippen LogP contribution in [0.3, 0.4) is 0 Å². The Labute approximate surface area is 349 Å². The minimum atomic E-state index is -1.50. The molecule has 0 fully saturated rings. The highest BCUT2D eigenvalue weighted by Crippen LogP contribution is 2.44. The molecule has 0 radical (unpaired) electrons. The van der Waals surface area contributed by atoms with Crippen molar-refractivity contribution in [1.29, 1.82) is 0 Å². The molecule has 5 aromatic rings. The Morgan fingerprint density at radius 1 is 0.667 bits per heavy atom. The summed E-state index contributed by atoms with van der Waals surface area (Å²) < 4.78 is 29.7. The smallest absolute Gasteiger partial charge is 0.419 e. The summed E-state index contributed by atoms with van der Waals surface area (Å²) in [5, 5.41) is 5.79. The average molecular weight is 818 g/mol. The van der Waals surface area contributed by atoms with E-state index in [1.165, 1.54) is 11.5 Å². The van der Waals surface area contributed by atoms with Gasteiger partial charge in [0.25, 0.3) is 0 Å². The van der Waals surface area contributed by atoms with Gasteiger partial charge in [0.1, 0.15) is 36.6 Å². The molecule has 13 heteroatoms. The Bertz CT molecular complexity index is 2310. The van der Waals surface area contributed by atoms with Crippen molar-refractivity contribution in [1.82, 2.24) is 15.2 Å². The molecule has 0 unspecified atom stereocenters. The minimum Gasteiger partial charge on any atom is -0.459 e. The van der Waals surface area contributed by atoms with Crippen molar-refractivity contribution in [2.24, 2.45) is 0 Å². The Kier molecular flexibility index (Phi) is 13.0. The number of nitrogens with one attached hydrogen (secondary N) is 2. The van der Waals surface area contributed by atoms with Crippen molar-refractivity contribution in [3.63, 3.8) is 0 Å². The first-order valence-electron chi connectivity index (χ1n) is 19.8. The van der Waals surface area contributed by atoms with Crippen LogP contribution in [0.2, 0.25) is 0 Å². The van der Waals surface area contributed by atoms with Crippen LogP contribution in [0, 0.1) is 0 Å². The predicted octanol–water partition coefficient (Wildman–Crippen LogP) is 8.44. The van der Waals surface area contributed by atoms with Gasteiger partial charge in [-0.25, -0.2) is 24.0 Å². The summed E-state index contributed by atoms with van der Waals surface area (Å²) in [5.74, 6) is -2.08. The second-order valence-electron chi connectivity index (χ2n) is 16.6. The minimum absolute atomic E-state index is 0.0227. The predicted molar refractivity (Wildman–Crippen MR) is 224 cm³/mol. The fourth-order valence-corrected chi connectivity index (χ4v) is 7.02. The molecule has 0 spiro atoms. The van der Waals surface area contributed by atoms with Crippen molar-refractivity contribution >= 4 is 41.1 Å². The molecule has 13 nitrogen and oxygen atoms in total. The van der Waals surface area contributed by atoms with Gasteiger partial charge in [0.05, 0.1) is 5.52 Å². The van der Waals surface area contributed by atoms with Crippen LogP contribution in [0.5, 0.6) is 0 Å². The summed E-state index contributed by atoms with van der Waals surface area (Å²) in [7, 11) is 0. The Morgan fingerprint density at radius 2 is 1.25 bits per heavy atom. The topological polar surface area (TPSA) is 160 Å². The van der Waals surface area contributed by atoms with Crippen molar-refractivity contribution < 1.29 is 47.7 Å². The van der Waals surface area contributed by atoms with Crippen LogP contribution in [0.15, 0.2) is 109 Å². The van der Waals surface area contributed by atoms with Gasteiger partial charge in [0.15, 0.2) is 6.04 Å². The molecule has 1 aromatic heterocycles. The van der Waals surface area contributed by atoms with E-state index in [1.54, 1.807) is 96.3 Å². The zero-order chi connectivity index (χ0) is 43.2. The monoisotopic (exact) mass is 817 g/mol. The van der Waals surface area contributed by atoms with E-state index < -0.39 is 59.6 Å². The molecule has 1 aliphatic carbocycles. The van der Waals surface area contributed by atoms with E-state index in [1.807, 2.05) is 54.6 Å². The zero-order valence-electron chi connectivity index (χ0n) is 34.9. The molecular formula is C47H51N3O10. The number of hydrogen-bond acceptors (Lipinski definition) is 10. The van der Waals surface area contributed by atoms with E-state index in [4.69, 9.17) is 23.7 Å². The lowest BCUT2D eigenvalue weighted by Gasteiger charge is -2.27. The van der Waals surface area contributed by atoms with Gasteiger partial charge in [0.2, 0.25) is 0 Å². The molecular weight excluding hydrogens is 767 g/mol. The lowest BCUT2D eigenvalue weighted by Crippen LogP contribution is -2.53. The maximum absolute atomic E-state index is 14.3. The van der Waals surface area contributed by atoms with Gasteiger partial charge in [-0.15, -0.1) is 0 Å². The van der Waals surface area contributed by atoms with Crippen LogP contribution in [0.4, 0.5) is 14.4 Å². The molecule has 2 amide bonds. The number of aromatic nitrogens is 1. The normalized spacial score (nSPS) is 13.8. The lowest BCUT2D eigenvalue weighted by molar-refractivity contribution is -0.159. The molecule has 314 valence electrons. The lowest BCUT2D eigenvalue weighted by atomic mass is 9.98. The maximum atomic E-state index is 14.3. The van der Waals surface area contributed by atoms with Gasteiger partial charge < -0.3 is 34.3 Å². The SMILES string of the molecule is C[C@@H](OC(=O)[C@@H](Cc1cn(C(=O)OC(C)(C)C)c2ccccc12)NC(=O)OCC1c2ccccc2-c2ccccc21)[C@H](NC(=O)OC(C)(C)C)C(=O)OCc1ccccc1. The Balaban J connectivity index is 1.26. The largest absolute Gasteiger partial charge is 0.459 e. The fraction of sp³-hybridized carbons (Fsp3) is 0.340. The highest BCUT2D eigenvalue weighted by molar-refractivity contribution is 5.93. The van der Waals surface area contributed by atoms with Crippen LogP contribution in [0.1, 0.15) is 76.6 Å². The number of hydrogen-bond donors (Lipinski definition) is 2. The van der Waals surface area contributed by atoms with Gasteiger partial charge in [-0.2, -0.15) is 0 Å². The molecule has 0 bridgehead atoms.